The van der Waals surface area contributed by atoms with E-state index in [1.165, 1.54) is 24.3 Å². The molecule has 0 fully saturated rings. The summed E-state index contributed by atoms with van der Waals surface area (Å²) in [6.07, 6.45) is 0. The maximum absolute atomic E-state index is 13.0. The molecule has 0 aliphatic carbocycles. The van der Waals surface area contributed by atoms with Gasteiger partial charge in [0.2, 0.25) is 0 Å². The van der Waals surface area contributed by atoms with Crippen LogP contribution in [-0.2, 0) is 0 Å². The maximum atomic E-state index is 13.0. The van der Waals surface area contributed by atoms with Crippen molar-refractivity contribution in [3.05, 3.63) is 94.6 Å². The van der Waals surface area contributed by atoms with Gasteiger partial charge in [-0.15, -0.1) is 0 Å². The number of carbonyl (C=O) groups is 2. The molecule has 3 rings (SSSR count). The lowest BCUT2D eigenvalue weighted by Gasteiger charge is -2.08. The number of pyridine rings is 1. The monoisotopic (exact) mass is 349 g/mol. The quantitative estimate of drug-likeness (QED) is 0.401. The average molecular weight is 349 g/mol. The average Bonchev–Trinajstić information content (AvgIpc) is 2.62. The highest BCUT2D eigenvalue weighted by atomic mass is 19.1. The SMILES string of the molecule is Cc1ccc(C(=O)Oc2ccc(C(=O)c3ccc(F)cc3)cc2)c(C)n1. The highest BCUT2D eigenvalue weighted by molar-refractivity contribution is 6.09. The summed E-state index contributed by atoms with van der Waals surface area (Å²) in [5.74, 6) is -0.815. The van der Waals surface area contributed by atoms with Crippen LogP contribution >= 0.6 is 0 Å². The molecule has 0 atom stereocenters. The minimum atomic E-state index is -0.507. The third-order valence-corrected chi connectivity index (χ3v) is 3.88. The van der Waals surface area contributed by atoms with Crippen molar-refractivity contribution < 1.29 is 18.7 Å². The topological polar surface area (TPSA) is 56.3 Å². The fraction of sp³-hybridized carbons (Fsp3) is 0.0952. The molecule has 130 valence electrons. The largest absolute Gasteiger partial charge is 0.423 e. The van der Waals surface area contributed by atoms with Crippen LogP contribution in [0.3, 0.4) is 0 Å². The Kier molecular flexibility index (Phi) is 4.89. The van der Waals surface area contributed by atoms with Crippen LogP contribution in [0.1, 0.15) is 37.7 Å². The molecule has 1 aromatic heterocycles. The number of ether oxygens (including phenoxy) is 1. The van der Waals surface area contributed by atoms with Crippen LogP contribution in [0, 0.1) is 19.7 Å². The zero-order chi connectivity index (χ0) is 18.7. The van der Waals surface area contributed by atoms with Crippen LogP contribution < -0.4 is 4.74 Å². The van der Waals surface area contributed by atoms with Gasteiger partial charge in [0.05, 0.1) is 11.3 Å². The summed E-state index contributed by atoms with van der Waals surface area (Å²) in [5, 5.41) is 0. The van der Waals surface area contributed by atoms with Gasteiger partial charge in [0.15, 0.2) is 5.78 Å². The first-order chi connectivity index (χ1) is 12.4. The molecule has 0 saturated heterocycles. The number of ketones is 1. The van der Waals surface area contributed by atoms with E-state index in [4.69, 9.17) is 4.74 Å². The molecule has 0 bridgehead atoms. The molecule has 2 aromatic carbocycles. The second-order valence-corrected chi connectivity index (χ2v) is 5.84. The molecule has 0 N–H and O–H groups in total. The molecule has 0 aliphatic heterocycles. The van der Waals surface area contributed by atoms with Gasteiger partial charge in [-0.05, 0) is 74.5 Å². The fourth-order valence-electron chi connectivity index (χ4n) is 2.51. The van der Waals surface area contributed by atoms with Crippen LogP contribution in [0.15, 0.2) is 60.7 Å². The van der Waals surface area contributed by atoms with Gasteiger partial charge >= 0.3 is 5.97 Å². The van der Waals surface area contributed by atoms with E-state index in [0.717, 1.165) is 5.69 Å². The number of carbonyl (C=O) groups excluding carboxylic acids is 2. The summed E-state index contributed by atoms with van der Waals surface area (Å²) in [5.41, 5.74) is 2.62. The summed E-state index contributed by atoms with van der Waals surface area (Å²) in [7, 11) is 0. The Balaban J connectivity index is 1.74. The first-order valence-electron chi connectivity index (χ1n) is 8.01. The minimum Gasteiger partial charge on any atom is -0.423 e. The normalized spacial score (nSPS) is 10.4. The first kappa shape index (κ1) is 17.5. The molecule has 3 aromatic rings. The molecular formula is C21H16FNO3. The Labute approximate surface area is 150 Å². The van der Waals surface area contributed by atoms with E-state index in [1.54, 1.807) is 43.3 Å². The van der Waals surface area contributed by atoms with Gasteiger partial charge < -0.3 is 4.74 Å². The van der Waals surface area contributed by atoms with Gasteiger partial charge in [-0.1, -0.05) is 0 Å². The van der Waals surface area contributed by atoms with Crippen molar-refractivity contribution in [1.82, 2.24) is 4.98 Å². The lowest BCUT2D eigenvalue weighted by Crippen LogP contribution is -2.11. The van der Waals surface area contributed by atoms with Crippen molar-refractivity contribution in [1.29, 1.82) is 0 Å². The van der Waals surface area contributed by atoms with E-state index in [1.807, 2.05) is 6.92 Å². The number of aromatic nitrogens is 1. The van der Waals surface area contributed by atoms with E-state index in [-0.39, 0.29) is 5.78 Å². The van der Waals surface area contributed by atoms with Gasteiger partial charge in [-0.25, -0.2) is 9.18 Å². The van der Waals surface area contributed by atoms with Crippen LogP contribution in [-0.4, -0.2) is 16.7 Å². The zero-order valence-electron chi connectivity index (χ0n) is 14.3. The highest BCUT2D eigenvalue weighted by Gasteiger charge is 2.14. The number of rotatable bonds is 4. The van der Waals surface area contributed by atoms with Gasteiger partial charge in [0.1, 0.15) is 11.6 Å². The molecule has 0 unspecified atom stereocenters. The smallest absolute Gasteiger partial charge is 0.345 e. The number of benzene rings is 2. The van der Waals surface area contributed by atoms with Crippen molar-refractivity contribution in [3.63, 3.8) is 0 Å². The van der Waals surface area contributed by atoms with Gasteiger partial charge in [-0.2, -0.15) is 0 Å². The Morgan fingerprint density at radius 3 is 2.00 bits per heavy atom. The second kappa shape index (κ2) is 7.27. The standard InChI is InChI=1S/C21H16FNO3/c1-13-3-12-19(14(2)23-13)21(25)26-18-10-6-16(7-11-18)20(24)15-4-8-17(22)9-5-15/h3-12H,1-2H3. The molecule has 0 radical (unpaired) electrons. The fourth-order valence-corrected chi connectivity index (χ4v) is 2.51. The van der Waals surface area contributed by atoms with Crippen molar-refractivity contribution in [2.45, 2.75) is 13.8 Å². The zero-order valence-corrected chi connectivity index (χ0v) is 14.3. The molecule has 5 heteroatoms. The van der Waals surface area contributed by atoms with E-state index < -0.39 is 11.8 Å². The highest BCUT2D eigenvalue weighted by Crippen LogP contribution is 2.18. The molecule has 4 nitrogen and oxygen atoms in total. The molecule has 0 spiro atoms. The molecule has 1 heterocycles. The molecule has 0 saturated carbocycles. The van der Waals surface area contributed by atoms with Crippen molar-refractivity contribution in [2.24, 2.45) is 0 Å². The van der Waals surface area contributed by atoms with Crippen molar-refractivity contribution in [3.8, 4) is 5.75 Å². The van der Waals surface area contributed by atoms with Crippen LogP contribution in [0.5, 0.6) is 5.75 Å². The Hall–Kier alpha value is -3.34. The number of hydrogen-bond acceptors (Lipinski definition) is 4. The Morgan fingerprint density at radius 2 is 1.42 bits per heavy atom. The predicted octanol–water partition coefficient (Wildman–Crippen LogP) is 4.29. The summed E-state index contributed by atoms with van der Waals surface area (Å²) < 4.78 is 18.3. The number of halogens is 1. The van der Waals surface area contributed by atoms with Crippen LogP contribution in [0.4, 0.5) is 4.39 Å². The maximum Gasteiger partial charge on any atom is 0.345 e. The number of esters is 1. The molecule has 26 heavy (non-hydrogen) atoms. The predicted molar refractivity (Wildman–Crippen MR) is 94.9 cm³/mol. The van der Waals surface area contributed by atoms with Gasteiger partial charge in [0, 0.05) is 16.8 Å². The third-order valence-electron chi connectivity index (χ3n) is 3.88. The summed E-state index contributed by atoms with van der Waals surface area (Å²) in [6.45, 7) is 3.59. The van der Waals surface area contributed by atoms with Crippen LogP contribution in [0.25, 0.3) is 0 Å². The summed E-state index contributed by atoms with van der Waals surface area (Å²) in [6, 6.07) is 15.0. The van der Waals surface area contributed by atoms with E-state index in [2.05, 4.69) is 4.98 Å². The molecule has 0 aliphatic rings. The van der Waals surface area contributed by atoms with E-state index in [0.29, 0.717) is 28.1 Å². The lowest BCUT2D eigenvalue weighted by molar-refractivity contribution is 0.0733. The summed E-state index contributed by atoms with van der Waals surface area (Å²) in [4.78, 5) is 28.8. The van der Waals surface area contributed by atoms with E-state index >= 15 is 0 Å². The van der Waals surface area contributed by atoms with Gasteiger partial charge in [0.25, 0.3) is 0 Å². The van der Waals surface area contributed by atoms with Crippen LogP contribution in [0.2, 0.25) is 0 Å². The van der Waals surface area contributed by atoms with E-state index in [9.17, 15) is 14.0 Å². The van der Waals surface area contributed by atoms with Gasteiger partial charge in [-0.3, -0.25) is 9.78 Å². The molecule has 0 amide bonds. The number of hydrogen-bond donors (Lipinski definition) is 0. The summed E-state index contributed by atoms with van der Waals surface area (Å²) >= 11 is 0. The second-order valence-electron chi connectivity index (χ2n) is 5.84. The van der Waals surface area contributed by atoms with Crippen molar-refractivity contribution in [2.75, 3.05) is 0 Å². The minimum absolute atomic E-state index is 0.235. The first-order valence-corrected chi connectivity index (χ1v) is 8.01. The third kappa shape index (κ3) is 3.83. The lowest BCUT2D eigenvalue weighted by atomic mass is 10.0. The number of aryl methyl sites for hydroxylation is 2. The molecular weight excluding hydrogens is 333 g/mol. The Bertz CT molecular complexity index is 964. The van der Waals surface area contributed by atoms with Crippen molar-refractivity contribution >= 4 is 11.8 Å². The number of nitrogens with zero attached hydrogens (tertiary/aromatic N) is 1. The Morgan fingerprint density at radius 1 is 0.846 bits per heavy atom.